The summed E-state index contributed by atoms with van der Waals surface area (Å²) in [4.78, 5) is -0.281. The predicted molar refractivity (Wildman–Crippen MR) is 87.7 cm³/mol. The third kappa shape index (κ3) is 4.60. The SMILES string of the molecule is CC(Cc1ccccc1F)NS(=O)(=O)c1ccc(S(N)(=O)=O)cc1. The summed E-state index contributed by atoms with van der Waals surface area (Å²) in [6.07, 6.45) is 0.182. The third-order valence-electron chi connectivity index (χ3n) is 3.30. The molecule has 0 fully saturated rings. The number of hydrogen-bond acceptors (Lipinski definition) is 4. The molecule has 0 saturated carbocycles. The third-order valence-corrected chi connectivity index (χ3v) is 5.84. The maximum Gasteiger partial charge on any atom is 0.240 e. The Bertz CT molecular complexity index is 926. The normalized spacial score (nSPS) is 13.6. The molecule has 0 saturated heterocycles. The number of halogens is 1. The molecule has 6 nitrogen and oxygen atoms in total. The minimum absolute atomic E-state index is 0.102. The van der Waals surface area contributed by atoms with E-state index in [2.05, 4.69) is 4.72 Å². The Kier molecular flexibility index (Phi) is 5.38. The van der Waals surface area contributed by atoms with E-state index in [0.717, 1.165) is 24.3 Å². The van der Waals surface area contributed by atoms with E-state index in [9.17, 15) is 21.2 Å². The summed E-state index contributed by atoms with van der Waals surface area (Å²) in [5.41, 5.74) is 0.400. The van der Waals surface area contributed by atoms with Gasteiger partial charge in [0.25, 0.3) is 0 Å². The topological polar surface area (TPSA) is 106 Å². The van der Waals surface area contributed by atoms with Gasteiger partial charge in [-0.25, -0.2) is 31.1 Å². The molecule has 0 aliphatic carbocycles. The zero-order valence-corrected chi connectivity index (χ0v) is 14.4. The number of nitrogens with two attached hydrogens (primary N) is 1. The largest absolute Gasteiger partial charge is 0.240 e. The van der Waals surface area contributed by atoms with Gasteiger partial charge in [0.2, 0.25) is 20.0 Å². The van der Waals surface area contributed by atoms with E-state index >= 15 is 0 Å². The first-order chi connectivity index (χ1) is 11.1. The van der Waals surface area contributed by atoms with Gasteiger partial charge in [0, 0.05) is 6.04 Å². The van der Waals surface area contributed by atoms with Crippen molar-refractivity contribution in [2.75, 3.05) is 0 Å². The van der Waals surface area contributed by atoms with Crippen LogP contribution in [0.4, 0.5) is 4.39 Å². The highest BCUT2D eigenvalue weighted by atomic mass is 32.2. The van der Waals surface area contributed by atoms with Crippen molar-refractivity contribution < 1.29 is 21.2 Å². The zero-order valence-electron chi connectivity index (χ0n) is 12.8. The fraction of sp³-hybridized carbons (Fsp3) is 0.200. The van der Waals surface area contributed by atoms with Crippen LogP contribution in [0.3, 0.4) is 0 Å². The Hall–Kier alpha value is -1.81. The van der Waals surface area contributed by atoms with Crippen LogP contribution in [0.5, 0.6) is 0 Å². The fourth-order valence-electron chi connectivity index (χ4n) is 2.18. The highest BCUT2D eigenvalue weighted by molar-refractivity contribution is 7.89. The van der Waals surface area contributed by atoms with Gasteiger partial charge in [0.15, 0.2) is 0 Å². The molecule has 0 aromatic heterocycles. The molecular formula is C15H17FN2O4S2. The van der Waals surface area contributed by atoms with Crippen LogP contribution in [0.15, 0.2) is 58.3 Å². The average molecular weight is 372 g/mol. The van der Waals surface area contributed by atoms with Crippen LogP contribution < -0.4 is 9.86 Å². The van der Waals surface area contributed by atoms with Crippen molar-refractivity contribution in [3.05, 3.63) is 59.9 Å². The highest BCUT2D eigenvalue weighted by Crippen LogP contribution is 2.15. The molecule has 2 aromatic rings. The van der Waals surface area contributed by atoms with Gasteiger partial charge < -0.3 is 0 Å². The van der Waals surface area contributed by atoms with Crippen LogP contribution in [-0.4, -0.2) is 22.9 Å². The Balaban J connectivity index is 2.14. The summed E-state index contributed by atoms with van der Waals surface area (Å²) in [5.74, 6) is -0.402. The smallest absolute Gasteiger partial charge is 0.225 e. The van der Waals surface area contributed by atoms with Gasteiger partial charge in [0.1, 0.15) is 5.82 Å². The molecule has 3 N–H and O–H groups in total. The van der Waals surface area contributed by atoms with E-state index in [0.29, 0.717) is 5.56 Å². The summed E-state index contributed by atoms with van der Waals surface area (Å²) in [7, 11) is -7.75. The number of primary sulfonamides is 1. The lowest BCUT2D eigenvalue weighted by atomic mass is 10.1. The number of nitrogens with one attached hydrogen (secondary N) is 1. The Morgan fingerprint density at radius 3 is 2.08 bits per heavy atom. The van der Waals surface area contributed by atoms with Gasteiger partial charge in [-0.3, -0.25) is 0 Å². The second kappa shape index (κ2) is 6.98. The molecule has 0 bridgehead atoms. The standard InChI is InChI=1S/C15H17FN2O4S2/c1-11(10-12-4-2-3-5-15(12)16)18-24(21,22)14-8-6-13(7-9-14)23(17,19)20/h2-9,11,18H,10H2,1H3,(H2,17,19,20). The van der Waals surface area contributed by atoms with E-state index in [4.69, 9.17) is 5.14 Å². The lowest BCUT2D eigenvalue weighted by Crippen LogP contribution is -2.34. The van der Waals surface area contributed by atoms with E-state index in [1.54, 1.807) is 25.1 Å². The highest BCUT2D eigenvalue weighted by Gasteiger charge is 2.19. The first-order valence-corrected chi connectivity index (χ1v) is 10.0. The molecule has 1 unspecified atom stereocenters. The van der Waals surface area contributed by atoms with Crippen molar-refractivity contribution in [2.24, 2.45) is 5.14 Å². The lowest BCUT2D eigenvalue weighted by Gasteiger charge is -2.15. The van der Waals surface area contributed by atoms with E-state index in [-0.39, 0.29) is 16.2 Å². The average Bonchev–Trinajstić information content (AvgIpc) is 2.48. The number of hydrogen-bond donors (Lipinski definition) is 2. The van der Waals surface area contributed by atoms with Crippen LogP contribution in [0.25, 0.3) is 0 Å². The van der Waals surface area contributed by atoms with E-state index < -0.39 is 31.9 Å². The minimum Gasteiger partial charge on any atom is -0.225 e. The molecule has 0 radical (unpaired) electrons. The quantitative estimate of drug-likeness (QED) is 0.799. The molecule has 0 amide bonds. The van der Waals surface area contributed by atoms with Crippen molar-refractivity contribution in [1.82, 2.24) is 4.72 Å². The molecule has 0 heterocycles. The molecule has 0 aliphatic heterocycles. The molecule has 0 spiro atoms. The van der Waals surface area contributed by atoms with Gasteiger partial charge in [-0.2, -0.15) is 0 Å². The van der Waals surface area contributed by atoms with Crippen LogP contribution in [0.1, 0.15) is 12.5 Å². The first-order valence-electron chi connectivity index (χ1n) is 6.98. The maximum absolute atomic E-state index is 13.6. The summed E-state index contributed by atoms with van der Waals surface area (Å²) < 4.78 is 63.0. The molecular weight excluding hydrogens is 355 g/mol. The Morgan fingerprint density at radius 1 is 1.00 bits per heavy atom. The number of rotatable bonds is 6. The van der Waals surface area contributed by atoms with Gasteiger partial charge >= 0.3 is 0 Å². The van der Waals surface area contributed by atoms with Crippen molar-refractivity contribution in [1.29, 1.82) is 0 Å². The maximum atomic E-state index is 13.6. The second-order valence-corrected chi connectivity index (χ2v) is 8.61. The summed E-state index contributed by atoms with van der Waals surface area (Å²) >= 11 is 0. The van der Waals surface area contributed by atoms with Crippen molar-refractivity contribution in [3.8, 4) is 0 Å². The van der Waals surface area contributed by atoms with Gasteiger partial charge in [-0.15, -0.1) is 0 Å². The fourth-order valence-corrected chi connectivity index (χ4v) is 3.94. The zero-order chi connectivity index (χ0) is 18.0. The molecule has 24 heavy (non-hydrogen) atoms. The first kappa shape index (κ1) is 18.5. The van der Waals surface area contributed by atoms with E-state index in [1.165, 1.54) is 6.07 Å². The van der Waals surface area contributed by atoms with Crippen molar-refractivity contribution >= 4 is 20.0 Å². The van der Waals surface area contributed by atoms with Crippen molar-refractivity contribution in [2.45, 2.75) is 29.2 Å². The summed E-state index contributed by atoms with van der Waals surface area (Å²) in [6, 6.07) is 10.1. The molecule has 130 valence electrons. The van der Waals surface area contributed by atoms with Crippen LogP contribution >= 0.6 is 0 Å². The van der Waals surface area contributed by atoms with Crippen LogP contribution in [-0.2, 0) is 26.5 Å². The summed E-state index contributed by atoms with van der Waals surface area (Å²) in [6.45, 7) is 1.61. The lowest BCUT2D eigenvalue weighted by molar-refractivity contribution is 0.549. The molecule has 2 aromatic carbocycles. The summed E-state index contributed by atoms with van der Waals surface area (Å²) in [5, 5.41) is 4.97. The monoisotopic (exact) mass is 372 g/mol. The molecule has 2 rings (SSSR count). The molecule has 0 aliphatic rings. The number of sulfonamides is 2. The Labute approximate surface area is 140 Å². The van der Waals surface area contributed by atoms with Crippen molar-refractivity contribution in [3.63, 3.8) is 0 Å². The molecule has 9 heteroatoms. The van der Waals surface area contributed by atoms with Crippen LogP contribution in [0.2, 0.25) is 0 Å². The number of benzene rings is 2. The predicted octanol–water partition coefficient (Wildman–Crippen LogP) is 1.38. The van der Waals surface area contributed by atoms with Crippen LogP contribution in [0, 0.1) is 5.82 Å². The second-order valence-electron chi connectivity index (χ2n) is 5.33. The minimum atomic E-state index is -3.89. The van der Waals surface area contributed by atoms with E-state index in [1.807, 2.05) is 0 Å². The van der Waals surface area contributed by atoms with Gasteiger partial charge in [-0.05, 0) is 49.2 Å². The van der Waals surface area contributed by atoms with Gasteiger partial charge in [0.05, 0.1) is 9.79 Å². The molecule has 1 atom stereocenters. The Morgan fingerprint density at radius 2 is 1.54 bits per heavy atom. The van der Waals surface area contributed by atoms with Gasteiger partial charge in [-0.1, -0.05) is 18.2 Å².